The molecule has 0 aromatic heterocycles. The molecule has 6 nitrogen and oxygen atoms in total. The highest BCUT2D eigenvalue weighted by Gasteiger charge is 2.39. The summed E-state index contributed by atoms with van der Waals surface area (Å²) in [5.41, 5.74) is -1.15. The molecule has 0 spiro atoms. The Labute approximate surface area is 144 Å². The SMILES string of the molecule is CC(C)(C)OC(=O)N1CC[C@@H]1C(=O)NCc1c(F)cc(C#N)cc1F. The molecule has 25 heavy (non-hydrogen) atoms. The summed E-state index contributed by atoms with van der Waals surface area (Å²) in [4.78, 5) is 25.4. The number of likely N-dealkylation sites (tertiary alicyclic amines) is 1. The minimum Gasteiger partial charge on any atom is -0.444 e. The predicted molar refractivity (Wildman–Crippen MR) is 84.3 cm³/mol. The van der Waals surface area contributed by atoms with Crippen LogP contribution in [0.25, 0.3) is 0 Å². The zero-order chi connectivity index (χ0) is 18.8. The number of nitriles is 1. The van der Waals surface area contributed by atoms with Crippen LogP contribution < -0.4 is 5.32 Å². The van der Waals surface area contributed by atoms with Crippen molar-refractivity contribution in [2.45, 2.75) is 45.4 Å². The minimum atomic E-state index is -0.908. The second-order valence-electron chi connectivity index (χ2n) is 6.73. The molecule has 1 fully saturated rings. The van der Waals surface area contributed by atoms with Gasteiger partial charge in [-0.05, 0) is 39.3 Å². The summed E-state index contributed by atoms with van der Waals surface area (Å²) in [5, 5.41) is 11.1. The molecule has 1 saturated heterocycles. The Hall–Kier alpha value is -2.69. The van der Waals surface area contributed by atoms with E-state index in [1.54, 1.807) is 26.8 Å². The maximum atomic E-state index is 13.8. The van der Waals surface area contributed by atoms with Gasteiger partial charge in [-0.1, -0.05) is 0 Å². The quantitative estimate of drug-likeness (QED) is 0.907. The Bertz CT molecular complexity index is 715. The van der Waals surface area contributed by atoms with Gasteiger partial charge in [0.15, 0.2) is 0 Å². The normalized spacial score (nSPS) is 16.6. The van der Waals surface area contributed by atoms with Crippen LogP contribution in [0.2, 0.25) is 0 Å². The van der Waals surface area contributed by atoms with Crippen LogP contribution in [0.4, 0.5) is 13.6 Å². The summed E-state index contributed by atoms with van der Waals surface area (Å²) in [6.45, 7) is 5.16. The highest BCUT2D eigenvalue weighted by molar-refractivity contribution is 5.87. The van der Waals surface area contributed by atoms with Gasteiger partial charge in [-0.15, -0.1) is 0 Å². The molecule has 1 aromatic rings. The number of halogens is 2. The molecule has 1 aliphatic rings. The number of amides is 2. The van der Waals surface area contributed by atoms with Gasteiger partial charge in [0.25, 0.3) is 0 Å². The van der Waals surface area contributed by atoms with E-state index in [-0.39, 0.29) is 17.7 Å². The Morgan fingerprint density at radius 1 is 1.36 bits per heavy atom. The van der Waals surface area contributed by atoms with Crippen molar-refractivity contribution in [3.8, 4) is 6.07 Å². The molecule has 1 atom stereocenters. The molecular formula is C17H19F2N3O3. The fourth-order valence-corrected chi connectivity index (χ4v) is 2.33. The van der Waals surface area contributed by atoms with Crippen molar-refractivity contribution in [1.29, 1.82) is 5.26 Å². The first kappa shape index (κ1) is 18.6. The van der Waals surface area contributed by atoms with Crippen LogP contribution >= 0.6 is 0 Å². The maximum absolute atomic E-state index is 13.8. The lowest BCUT2D eigenvalue weighted by Crippen LogP contribution is -2.59. The third-order valence-electron chi connectivity index (χ3n) is 3.66. The lowest BCUT2D eigenvalue weighted by atomic mass is 10.0. The molecule has 2 rings (SSSR count). The second kappa shape index (κ2) is 7.05. The van der Waals surface area contributed by atoms with E-state index in [2.05, 4.69) is 5.32 Å². The number of hydrogen-bond donors (Lipinski definition) is 1. The number of nitrogens with one attached hydrogen (secondary N) is 1. The highest BCUT2D eigenvalue weighted by Crippen LogP contribution is 2.22. The van der Waals surface area contributed by atoms with Gasteiger partial charge >= 0.3 is 6.09 Å². The zero-order valence-corrected chi connectivity index (χ0v) is 14.2. The number of hydrogen-bond acceptors (Lipinski definition) is 4. The van der Waals surface area contributed by atoms with E-state index >= 15 is 0 Å². The van der Waals surface area contributed by atoms with Gasteiger partial charge in [-0.3, -0.25) is 9.69 Å². The molecule has 2 amide bonds. The number of benzene rings is 1. The second-order valence-corrected chi connectivity index (χ2v) is 6.73. The van der Waals surface area contributed by atoms with Crippen LogP contribution in [-0.4, -0.2) is 35.1 Å². The number of carbonyl (C=O) groups is 2. The van der Waals surface area contributed by atoms with Crippen LogP contribution in [0.3, 0.4) is 0 Å². The van der Waals surface area contributed by atoms with Crippen molar-refractivity contribution in [3.63, 3.8) is 0 Å². The first-order chi connectivity index (χ1) is 11.6. The van der Waals surface area contributed by atoms with Crippen LogP contribution in [0.15, 0.2) is 12.1 Å². The molecule has 8 heteroatoms. The zero-order valence-electron chi connectivity index (χ0n) is 14.2. The standard InChI is InChI=1S/C17H19F2N3O3/c1-17(2,3)25-16(24)22-5-4-14(22)15(23)21-9-11-12(18)6-10(8-20)7-13(11)19/h6-7,14H,4-5,9H2,1-3H3,(H,21,23)/t14-/m1/s1. The summed E-state index contributed by atoms with van der Waals surface area (Å²) < 4.78 is 32.8. The Kier molecular flexibility index (Phi) is 5.26. The molecule has 1 aromatic carbocycles. The molecule has 1 aliphatic heterocycles. The Morgan fingerprint density at radius 2 is 1.96 bits per heavy atom. The topological polar surface area (TPSA) is 82.4 Å². The summed E-state index contributed by atoms with van der Waals surface area (Å²) in [6.07, 6.45) is -0.154. The molecule has 0 saturated carbocycles. The minimum absolute atomic E-state index is 0.139. The van der Waals surface area contributed by atoms with E-state index in [9.17, 15) is 18.4 Å². The first-order valence-electron chi connectivity index (χ1n) is 7.77. The molecule has 0 aliphatic carbocycles. The van der Waals surface area contributed by atoms with Crippen molar-refractivity contribution < 1.29 is 23.1 Å². The van der Waals surface area contributed by atoms with Crippen molar-refractivity contribution in [2.75, 3.05) is 6.54 Å². The van der Waals surface area contributed by atoms with E-state index in [4.69, 9.17) is 10.00 Å². The van der Waals surface area contributed by atoms with Gasteiger partial charge < -0.3 is 10.1 Å². The Morgan fingerprint density at radius 3 is 2.40 bits per heavy atom. The summed E-state index contributed by atoms with van der Waals surface area (Å²) in [7, 11) is 0. The molecule has 0 unspecified atom stereocenters. The van der Waals surface area contributed by atoms with Crippen molar-refractivity contribution in [3.05, 3.63) is 34.9 Å². The van der Waals surface area contributed by atoms with E-state index < -0.39 is 35.3 Å². The van der Waals surface area contributed by atoms with Gasteiger partial charge in [0.05, 0.1) is 11.6 Å². The van der Waals surface area contributed by atoms with E-state index in [1.807, 2.05) is 0 Å². The fourth-order valence-electron chi connectivity index (χ4n) is 2.33. The van der Waals surface area contributed by atoms with Gasteiger partial charge in [0.2, 0.25) is 5.91 Å². The van der Waals surface area contributed by atoms with Crippen molar-refractivity contribution >= 4 is 12.0 Å². The lowest BCUT2D eigenvalue weighted by Gasteiger charge is -2.40. The average Bonchev–Trinajstić information content (AvgIpc) is 2.42. The Balaban J connectivity index is 1.97. The third kappa shape index (κ3) is 4.44. The summed E-state index contributed by atoms with van der Waals surface area (Å²) in [6, 6.07) is 2.73. The summed E-state index contributed by atoms with van der Waals surface area (Å²) in [5.74, 6) is -2.33. The maximum Gasteiger partial charge on any atom is 0.410 e. The first-order valence-corrected chi connectivity index (χ1v) is 7.77. The smallest absolute Gasteiger partial charge is 0.410 e. The fraction of sp³-hybridized carbons (Fsp3) is 0.471. The predicted octanol–water partition coefficient (Wildman–Crippen LogP) is 2.46. The van der Waals surface area contributed by atoms with E-state index in [0.29, 0.717) is 13.0 Å². The number of carbonyl (C=O) groups excluding carboxylic acids is 2. The van der Waals surface area contributed by atoms with Crippen LogP contribution in [0, 0.1) is 23.0 Å². The molecule has 1 N–H and O–H groups in total. The van der Waals surface area contributed by atoms with Crippen LogP contribution in [-0.2, 0) is 16.1 Å². The van der Waals surface area contributed by atoms with E-state index in [0.717, 1.165) is 12.1 Å². The van der Waals surface area contributed by atoms with E-state index in [1.165, 1.54) is 4.90 Å². The van der Waals surface area contributed by atoms with Crippen LogP contribution in [0.5, 0.6) is 0 Å². The highest BCUT2D eigenvalue weighted by atomic mass is 19.1. The van der Waals surface area contributed by atoms with Gasteiger partial charge in [-0.25, -0.2) is 13.6 Å². The molecule has 1 heterocycles. The number of ether oxygens (including phenoxy) is 1. The average molecular weight is 351 g/mol. The van der Waals surface area contributed by atoms with Crippen molar-refractivity contribution in [1.82, 2.24) is 10.2 Å². The molecular weight excluding hydrogens is 332 g/mol. The van der Waals surface area contributed by atoms with Gasteiger partial charge in [-0.2, -0.15) is 5.26 Å². The van der Waals surface area contributed by atoms with Gasteiger partial charge in [0, 0.05) is 18.7 Å². The summed E-state index contributed by atoms with van der Waals surface area (Å²) >= 11 is 0. The van der Waals surface area contributed by atoms with Crippen molar-refractivity contribution in [2.24, 2.45) is 0 Å². The van der Waals surface area contributed by atoms with Gasteiger partial charge in [0.1, 0.15) is 23.3 Å². The number of nitrogens with zero attached hydrogens (tertiary/aromatic N) is 2. The van der Waals surface area contributed by atoms with Crippen LogP contribution in [0.1, 0.15) is 38.3 Å². The molecule has 0 bridgehead atoms. The molecule has 0 radical (unpaired) electrons. The number of rotatable bonds is 3. The monoisotopic (exact) mass is 351 g/mol. The third-order valence-corrected chi connectivity index (χ3v) is 3.66. The largest absolute Gasteiger partial charge is 0.444 e. The lowest BCUT2D eigenvalue weighted by molar-refractivity contribution is -0.130. The molecule has 134 valence electrons.